The van der Waals surface area contributed by atoms with Gasteiger partial charge >= 0.3 is 0 Å². The molecule has 0 saturated heterocycles. The molecule has 1 N–H and O–H groups in total. The summed E-state index contributed by atoms with van der Waals surface area (Å²) < 4.78 is 0.993. The maximum atomic E-state index is 4.29. The zero-order chi connectivity index (χ0) is 12.1. The Hall–Kier alpha value is -0.660. The average molecular weight is 331 g/mol. The number of aromatic nitrogens is 3. The number of thioether (sulfide) groups is 1. The van der Waals surface area contributed by atoms with Gasteiger partial charge < -0.3 is 5.32 Å². The molecule has 0 amide bonds. The van der Waals surface area contributed by atoms with Crippen molar-refractivity contribution in [3.05, 3.63) is 27.8 Å². The van der Waals surface area contributed by atoms with Gasteiger partial charge in [0, 0.05) is 17.2 Å². The van der Waals surface area contributed by atoms with Crippen LogP contribution in [0, 0.1) is 0 Å². The Balaban J connectivity index is 1.90. The van der Waals surface area contributed by atoms with Crippen LogP contribution in [0.5, 0.6) is 0 Å². The lowest BCUT2D eigenvalue weighted by Gasteiger charge is -1.97. The molecule has 7 heteroatoms. The SMILES string of the molecule is CCNc1nnc(CSc2ccc(Br)cn2)s1. The Kier molecular flexibility index (Phi) is 4.75. The Bertz CT molecular complexity index is 471. The lowest BCUT2D eigenvalue weighted by molar-refractivity contribution is 1.02. The maximum Gasteiger partial charge on any atom is 0.205 e. The van der Waals surface area contributed by atoms with E-state index >= 15 is 0 Å². The maximum absolute atomic E-state index is 4.29. The quantitative estimate of drug-likeness (QED) is 0.851. The molecule has 4 nitrogen and oxygen atoms in total. The van der Waals surface area contributed by atoms with Crippen LogP contribution in [-0.2, 0) is 5.75 Å². The molecule has 0 aliphatic heterocycles. The van der Waals surface area contributed by atoms with Gasteiger partial charge in [-0.15, -0.1) is 10.2 Å². The van der Waals surface area contributed by atoms with Crippen LogP contribution >= 0.6 is 39.0 Å². The minimum absolute atomic E-state index is 0.803. The van der Waals surface area contributed by atoms with Gasteiger partial charge in [-0.05, 0) is 35.0 Å². The summed E-state index contributed by atoms with van der Waals surface area (Å²) in [6.07, 6.45) is 1.80. The van der Waals surface area contributed by atoms with Crippen molar-refractivity contribution in [2.45, 2.75) is 17.7 Å². The molecule has 0 radical (unpaired) electrons. The van der Waals surface area contributed by atoms with Crippen LogP contribution in [0.25, 0.3) is 0 Å². The number of hydrogen-bond donors (Lipinski definition) is 1. The van der Waals surface area contributed by atoms with E-state index in [0.717, 1.165) is 31.9 Å². The number of rotatable bonds is 5. The van der Waals surface area contributed by atoms with Crippen molar-refractivity contribution in [1.29, 1.82) is 0 Å². The number of nitrogens with zero attached hydrogens (tertiary/aromatic N) is 3. The fraction of sp³-hybridized carbons (Fsp3) is 0.300. The average Bonchev–Trinajstić information content (AvgIpc) is 2.77. The van der Waals surface area contributed by atoms with E-state index in [1.807, 2.05) is 19.1 Å². The fourth-order valence-corrected chi connectivity index (χ4v) is 2.99. The smallest absolute Gasteiger partial charge is 0.205 e. The highest BCUT2D eigenvalue weighted by molar-refractivity contribution is 9.10. The van der Waals surface area contributed by atoms with Crippen molar-refractivity contribution in [3.63, 3.8) is 0 Å². The monoisotopic (exact) mass is 330 g/mol. The van der Waals surface area contributed by atoms with Crippen LogP contribution in [0.4, 0.5) is 5.13 Å². The van der Waals surface area contributed by atoms with Crippen molar-refractivity contribution in [2.24, 2.45) is 0 Å². The first kappa shape index (κ1) is 12.8. The fourth-order valence-electron chi connectivity index (χ4n) is 1.12. The third kappa shape index (κ3) is 3.93. The Morgan fingerprint density at radius 2 is 2.29 bits per heavy atom. The van der Waals surface area contributed by atoms with Crippen molar-refractivity contribution >= 4 is 44.2 Å². The summed E-state index contributed by atoms with van der Waals surface area (Å²) in [5.74, 6) is 0.803. The van der Waals surface area contributed by atoms with Gasteiger partial charge in [0.2, 0.25) is 5.13 Å². The molecule has 0 aromatic carbocycles. The summed E-state index contributed by atoms with van der Waals surface area (Å²) in [4.78, 5) is 4.29. The van der Waals surface area contributed by atoms with Crippen LogP contribution in [-0.4, -0.2) is 21.7 Å². The van der Waals surface area contributed by atoms with Gasteiger partial charge in [0.15, 0.2) is 0 Å². The summed E-state index contributed by atoms with van der Waals surface area (Å²) in [7, 11) is 0. The molecule has 2 heterocycles. The van der Waals surface area contributed by atoms with Gasteiger partial charge in [-0.25, -0.2) is 4.98 Å². The Morgan fingerprint density at radius 1 is 1.41 bits per heavy atom. The molecular weight excluding hydrogens is 320 g/mol. The molecule has 0 aliphatic rings. The van der Waals surface area contributed by atoms with Gasteiger partial charge in [-0.1, -0.05) is 23.1 Å². The molecule has 0 saturated carbocycles. The van der Waals surface area contributed by atoms with E-state index in [2.05, 4.69) is 36.4 Å². The first-order valence-corrected chi connectivity index (χ1v) is 7.68. The van der Waals surface area contributed by atoms with E-state index < -0.39 is 0 Å². The lowest BCUT2D eigenvalue weighted by atomic mass is 10.5. The van der Waals surface area contributed by atoms with E-state index in [1.54, 1.807) is 29.3 Å². The lowest BCUT2D eigenvalue weighted by Crippen LogP contribution is -1.94. The zero-order valence-electron chi connectivity index (χ0n) is 9.18. The number of hydrogen-bond acceptors (Lipinski definition) is 6. The summed E-state index contributed by atoms with van der Waals surface area (Å²) in [6.45, 7) is 2.91. The van der Waals surface area contributed by atoms with Gasteiger partial charge in [0.25, 0.3) is 0 Å². The summed E-state index contributed by atoms with van der Waals surface area (Å²) in [5, 5.41) is 14.2. The highest BCUT2D eigenvalue weighted by atomic mass is 79.9. The Morgan fingerprint density at radius 3 is 3.00 bits per heavy atom. The molecule has 90 valence electrons. The summed E-state index contributed by atoms with van der Waals surface area (Å²) in [5.41, 5.74) is 0. The number of halogens is 1. The standard InChI is InChI=1S/C10H11BrN4S2/c1-2-12-10-15-14-9(17-10)6-16-8-4-3-7(11)5-13-8/h3-5H,2,6H2,1H3,(H,12,15). The second kappa shape index (κ2) is 6.32. The first-order valence-electron chi connectivity index (χ1n) is 5.08. The van der Waals surface area contributed by atoms with Crippen LogP contribution < -0.4 is 5.32 Å². The number of nitrogens with one attached hydrogen (secondary N) is 1. The third-order valence-electron chi connectivity index (χ3n) is 1.84. The molecule has 0 unspecified atom stereocenters. The highest BCUT2D eigenvalue weighted by Gasteiger charge is 2.04. The van der Waals surface area contributed by atoms with E-state index in [4.69, 9.17) is 0 Å². The van der Waals surface area contributed by atoms with Gasteiger partial charge in [0.1, 0.15) is 5.01 Å². The highest BCUT2D eigenvalue weighted by Crippen LogP contribution is 2.25. The van der Waals surface area contributed by atoms with Crippen LogP contribution in [0.15, 0.2) is 27.8 Å². The van der Waals surface area contributed by atoms with Gasteiger partial charge in [-0.2, -0.15) is 0 Å². The second-order valence-corrected chi connectivity index (χ2v) is 6.11. The van der Waals surface area contributed by atoms with Crippen molar-refractivity contribution < 1.29 is 0 Å². The van der Waals surface area contributed by atoms with E-state index in [9.17, 15) is 0 Å². The zero-order valence-corrected chi connectivity index (χ0v) is 12.4. The predicted molar refractivity (Wildman–Crippen MR) is 75.6 cm³/mol. The van der Waals surface area contributed by atoms with Crippen molar-refractivity contribution in [1.82, 2.24) is 15.2 Å². The summed E-state index contributed by atoms with van der Waals surface area (Å²) in [6, 6.07) is 3.97. The molecule has 0 aliphatic carbocycles. The molecular formula is C10H11BrN4S2. The number of anilines is 1. The molecule has 0 spiro atoms. The first-order chi connectivity index (χ1) is 8.28. The normalized spacial score (nSPS) is 10.5. The van der Waals surface area contributed by atoms with Crippen LogP contribution in [0.1, 0.15) is 11.9 Å². The predicted octanol–water partition coefficient (Wildman–Crippen LogP) is 3.42. The van der Waals surface area contributed by atoms with E-state index in [-0.39, 0.29) is 0 Å². The largest absolute Gasteiger partial charge is 0.360 e. The van der Waals surface area contributed by atoms with Crippen molar-refractivity contribution in [3.8, 4) is 0 Å². The molecule has 0 bridgehead atoms. The minimum Gasteiger partial charge on any atom is -0.360 e. The number of pyridine rings is 1. The van der Waals surface area contributed by atoms with Gasteiger partial charge in [-0.3, -0.25) is 0 Å². The topological polar surface area (TPSA) is 50.7 Å². The molecule has 2 aromatic heterocycles. The van der Waals surface area contributed by atoms with Crippen LogP contribution in [0.3, 0.4) is 0 Å². The molecule has 2 aromatic rings. The van der Waals surface area contributed by atoms with Crippen LogP contribution in [0.2, 0.25) is 0 Å². The molecule has 0 fully saturated rings. The molecule has 17 heavy (non-hydrogen) atoms. The minimum atomic E-state index is 0.803. The summed E-state index contributed by atoms with van der Waals surface area (Å²) >= 11 is 6.61. The van der Waals surface area contributed by atoms with Crippen molar-refractivity contribution in [2.75, 3.05) is 11.9 Å². The second-order valence-electron chi connectivity index (χ2n) is 3.13. The molecule has 0 atom stereocenters. The Labute approximate surface area is 116 Å². The molecule has 2 rings (SSSR count). The third-order valence-corrected chi connectivity index (χ3v) is 4.33. The van der Waals surface area contributed by atoms with E-state index in [0.29, 0.717) is 0 Å². The van der Waals surface area contributed by atoms with Gasteiger partial charge in [0.05, 0.1) is 10.8 Å². The van der Waals surface area contributed by atoms with E-state index in [1.165, 1.54) is 0 Å².